The van der Waals surface area contributed by atoms with Crippen LogP contribution in [0.2, 0.25) is 0 Å². The van der Waals surface area contributed by atoms with Gasteiger partial charge in [0, 0.05) is 30.0 Å². The molecule has 0 spiro atoms. The zero-order valence-corrected chi connectivity index (χ0v) is 13.4. The second-order valence-corrected chi connectivity index (χ2v) is 6.25. The molecule has 0 aliphatic rings. The molecule has 0 saturated heterocycles. The third kappa shape index (κ3) is 5.31. The molecule has 2 rings (SSSR count). The van der Waals surface area contributed by atoms with Crippen molar-refractivity contribution in [1.82, 2.24) is 5.32 Å². The van der Waals surface area contributed by atoms with E-state index in [1.807, 2.05) is 12.1 Å². The first kappa shape index (κ1) is 17.9. The third-order valence-electron chi connectivity index (χ3n) is 3.20. The SMILES string of the molecule is COCC(O)CNCc1ccc(-c2ccc(C(F)(F)F)cc2)s1. The lowest BCUT2D eigenvalue weighted by Crippen LogP contribution is -2.29. The molecule has 2 aromatic rings. The predicted molar refractivity (Wildman–Crippen MR) is 84.3 cm³/mol. The van der Waals surface area contributed by atoms with E-state index in [1.165, 1.54) is 30.6 Å². The maximum absolute atomic E-state index is 12.6. The van der Waals surface area contributed by atoms with E-state index in [0.717, 1.165) is 27.5 Å². The van der Waals surface area contributed by atoms with E-state index in [2.05, 4.69) is 5.32 Å². The summed E-state index contributed by atoms with van der Waals surface area (Å²) in [5.41, 5.74) is 0.112. The van der Waals surface area contributed by atoms with Gasteiger partial charge in [0.05, 0.1) is 18.3 Å². The van der Waals surface area contributed by atoms with Gasteiger partial charge in [-0.3, -0.25) is 0 Å². The highest BCUT2D eigenvalue weighted by molar-refractivity contribution is 7.15. The fourth-order valence-corrected chi connectivity index (χ4v) is 3.05. The van der Waals surface area contributed by atoms with Gasteiger partial charge in [-0.15, -0.1) is 11.3 Å². The Hall–Kier alpha value is -1.41. The molecule has 1 aromatic carbocycles. The van der Waals surface area contributed by atoms with Crippen LogP contribution in [0.15, 0.2) is 36.4 Å². The summed E-state index contributed by atoms with van der Waals surface area (Å²) in [6, 6.07) is 8.95. The number of hydrogen-bond donors (Lipinski definition) is 2. The summed E-state index contributed by atoms with van der Waals surface area (Å²) in [4.78, 5) is 1.96. The normalized spacial score (nSPS) is 13.3. The average Bonchev–Trinajstić information content (AvgIpc) is 2.96. The molecule has 126 valence electrons. The van der Waals surface area contributed by atoms with E-state index < -0.39 is 17.8 Å². The van der Waals surface area contributed by atoms with Crippen LogP contribution in [0.3, 0.4) is 0 Å². The van der Waals surface area contributed by atoms with E-state index in [4.69, 9.17) is 4.74 Å². The van der Waals surface area contributed by atoms with Gasteiger partial charge in [-0.1, -0.05) is 12.1 Å². The van der Waals surface area contributed by atoms with Crippen molar-refractivity contribution in [2.24, 2.45) is 0 Å². The molecule has 0 saturated carbocycles. The maximum Gasteiger partial charge on any atom is 0.416 e. The van der Waals surface area contributed by atoms with Gasteiger partial charge in [0.25, 0.3) is 0 Å². The average molecular weight is 345 g/mol. The molecule has 1 atom stereocenters. The molecule has 23 heavy (non-hydrogen) atoms. The molecule has 0 fully saturated rings. The summed E-state index contributed by atoms with van der Waals surface area (Å²) in [6.45, 7) is 1.28. The number of thiophene rings is 1. The minimum atomic E-state index is -4.31. The van der Waals surface area contributed by atoms with Crippen LogP contribution in [-0.4, -0.2) is 31.5 Å². The van der Waals surface area contributed by atoms with Gasteiger partial charge in [0.2, 0.25) is 0 Å². The van der Waals surface area contributed by atoms with Crippen LogP contribution in [-0.2, 0) is 17.5 Å². The number of hydrogen-bond acceptors (Lipinski definition) is 4. The lowest BCUT2D eigenvalue weighted by atomic mass is 10.1. The van der Waals surface area contributed by atoms with E-state index in [-0.39, 0.29) is 6.61 Å². The highest BCUT2D eigenvalue weighted by Crippen LogP contribution is 2.33. The van der Waals surface area contributed by atoms with Gasteiger partial charge in [-0.2, -0.15) is 13.2 Å². The van der Waals surface area contributed by atoms with Gasteiger partial charge >= 0.3 is 6.18 Å². The first-order chi connectivity index (χ1) is 10.9. The number of alkyl halides is 3. The standard InChI is InChI=1S/C16H18F3NO2S/c1-22-10-13(21)8-20-9-14-6-7-15(23-14)11-2-4-12(5-3-11)16(17,18)19/h2-7,13,20-21H,8-10H2,1H3. The Morgan fingerprint density at radius 1 is 1.17 bits per heavy atom. The number of methoxy groups -OCH3 is 1. The maximum atomic E-state index is 12.6. The second-order valence-electron chi connectivity index (χ2n) is 5.08. The van der Waals surface area contributed by atoms with Crippen molar-refractivity contribution in [3.05, 3.63) is 46.8 Å². The number of halogens is 3. The van der Waals surface area contributed by atoms with Crippen LogP contribution in [0.5, 0.6) is 0 Å². The molecular weight excluding hydrogens is 327 g/mol. The summed E-state index contributed by atoms with van der Waals surface area (Å²) in [6.07, 6.45) is -4.87. The third-order valence-corrected chi connectivity index (χ3v) is 4.33. The summed E-state index contributed by atoms with van der Waals surface area (Å²) >= 11 is 1.51. The van der Waals surface area contributed by atoms with Gasteiger partial charge in [0.1, 0.15) is 0 Å². The molecule has 1 unspecified atom stereocenters. The highest BCUT2D eigenvalue weighted by atomic mass is 32.1. The van der Waals surface area contributed by atoms with Crippen molar-refractivity contribution in [2.45, 2.75) is 18.8 Å². The van der Waals surface area contributed by atoms with E-state index in [9.17, 15) is 18.3 Å². The minimum absolute atomic E-state index is 0.272. The smallest absolute Gasteiger partial charge is 0.389 e. The van der Waals surface area contributed by atoms with Crippen molar-refractivity contribution >= 4 is 11.3 Å². The summed E-state index contributed by atoms with van der Waals surface area (Å²) in [5.74, 6) is 0. The Labute approximate surface area is 136 Å². The first-order valence-electron chi connectivity index (χ1n) is 7.04. The lowest BCUT2D eigenvalue weighted by Gasteiger charge is -2.09. The Morgan fingerprint density at radius 2 is 1.87 bits per heavy atom. The monoisotopic (exact) mass is 345 g/mol. The predicted octanol–water partition coefficient (Wildman–Crippen LogP) is 3.53. The summed E-state index contributed by atoms with van der Waals surface area (Å²) < 4.78 is 42.5. The zero-order chi connectivity index (χ0) is 16.9. The summed E-state index contributed by atoms with van der Waals surface area (Å²) in [5, 5.41) is 12.6. The van der Waals surface area contributed by atoms with Crippen molar-refractivity contribution < 1.29 is 23.0 Å². The van der Waals surface area contributed by atoms with E-state index in [0.29, 0.717) is 13.1 Å². The number of aliphatic hydroxyl groups is 1. The number of ether oxygens (including phenoxy) is 1. The number of benzene rings is 1. The molecule has 0 aliphatic heterocycles. The van der Waals surface area contributed by atoms with Crippen LogP contribution in [0, 0.1) is 0 Å². The van der Waals surface area contributed by atoms with Crippen LogP contribution in [0.1, 0.15) is 10.4 Å². The molecular formula is C16H18F3NO2S. The lowest BCUT2D eigenvalue weighted by molar-refractivity contribution is -0.137. The second kappa shape index (κ2) is 7.92. The molecule has 1 heterocycles. The van der Waals surface area contributed by atoms with Crippen molar-refractivity contribution in [2.75, 3.05) is 20.3 Å². The Balaban J connectivity index is 1.94. The fraction of sp³-hybridized carbons (Fsp3) is 0.375. The molecule has 3 nitrogen and oxygen atoms in total. The molecule has 0 radical (unpaired) electrons. The van der Waals surface area contributed by atoms with Gasteiger partial charge < -0.3 is 15.2 Å². The number of nitrogens with one attached hydrogen (secondary N) is 1. The summed E-state index contributed by atoms with van der Waals surface area (Å²) in [7, 11) is 1.53. The number of rotatable bonds is 7. The van der Waals surface area contributed by atoms with Crippen molar-refractivity contribution in [3.8, 4) is 10.4 Å². The zero-order valence-electron chi connectivity index (χ0n) is 12.6. The fourth-order valence-electron chi connectivity index (χ4n) is 2.06. The van der Waals surface area contributed by atoms with E-state index >= 15 is 0 Å². The van der Waals surface area contributed by atoms with Gasteiger partial charge in [0.15, 0.2) is 0 Å². The van der Waals surface area contributed by atoms with Crippen molar-refractivity contribution in [3.63, 3.8) is 0 Å². The molecule has 1 aromatic heterocycles. The molecule has 2 N–H and O–H groups in total. The molecule has 0 bridgehead atoms. The van der Waals surface area contributed by atoms with Gasteiger partial charge in [-0.05, 0) is 29.8 Å². The Kier molecular flexibility index (Phi) is 6.17. The Morgan fingerprint density at radius 3 is 2.48 bits per heavy atom. The van der Waals surface area contributed by atoms with Crippen LogP contribution in [0.4, 0.5) is 13.2 Å². The van der Waals surface area contributed by atoms with Crippen LogP contribution < -0.4 is 5.32 Å². The van der Waals surface area contributed by atoms with Crippen LogP contribution >= 0.6 is 11.3 Å². The molecule has 0 amide bonds. The highest BCUT2D eigenvalue weighted by Gasteiger charge is 2.29. The number of aliphatic hydroxyl groups excluding tert-OH is 1. The first-order valence-corrected chi connectivity index (χ1v) is 7.86. The Bertz CT molecular complexity index is 611. The van der Waals surface area contributed by atoms with Gasteiger partial charge in [-0.25, -0.2) is 0 Å². The largest absolute Gasteiger partial charge is 0.416 e. The minimum Gasteiger partial charge on any atom is -0.389 e. The van der Waals surface area contributed by atoms with E-state index in [1.54, 1.807) is 0 Å². The van der Waals surface area contributed by atoms with Crippen LogP contribution in [0.25, 0.3) is 10.4 Å². The van der Waals surface area contributed by atoms with Crippen molar-refractivity contribution in [1.29, 1.82) is 0 Å². The quantitative estimate of drug-likeness (QED) is 0.807. The topological polar surface area (TPSA) is 41.5 Å². The molecule has 7 heteroatoms. The molecule has 0 aliphatic carbocycles.